The maximum Gasteiger partial charge on any atom is 0.198 e. The van der Waals surface area contributed by atoms with E-state index >= 15 is 0 Å². The van der Waals surface area contributed by atoms with E-state index in [1.807, 2.05) is 26.4 Å². The topological polar surface area (TPSA) is 45.5 Å². The summed E-state index contributed by atoms with van der Waals surface area (Å²) in [6.45, 7) is 4.60. The zero-order chi connectivity index (χ0) is 18.6. The fourth-order valence-corrected chi connectivity index (χ4v) is 3.64. The van der Waals surface area contributed by atoms with Gasteiger partial charge in [-0.2, -0.15) is 0 Å². The number of benzene rings is 2. The van der Waals surface area contributed by atoms with Crippen LogP contribution >= 0.6 is 0 Å². The lowest BCUT2D eigenvalue weighted by Gasteiger charge is -2.22. The molecule has 0 aliphatic carbocycles. The lowest BCUT2D eigenvalue weighted by atomic mass is 10.1. The maximum atomic E-state index is 4.50. The van der Waals surface area contributed by atoms with E-state index in [1.165, 1.54) is 22.4 Å². The lowest BCUT2D eigenvalue weighted by Crippen LogP contribution is -2.40. The summed E-state index contributed by atoms with van der Waals surface area (Å²) in [5, 5.41) is 3.52. The minimum atomic E-state index is 0.752. The first kappa shape index (κ1) is 17.3. The Labute approximate surface area is 160 Å². The van der Waals surface area contributed by atoms with E-state index in [2.05, 4.69) is 73.3 Å². The number of hydrogen-bond donors (Lipinski definition) is 1. The molecule has 1 N–H and O–H groups in total. The summed E-state index contributed by atoms with van der Waals surface area (Å²) in [6.07, 6.45) is 4.93. The molecule has 0 atom stereocenters. The van der Waals surface area contributed by atoms with Gasteiger partial charge in [-0.05, 0) is 36.1 Å². The van der Waals surface area contributed by atoms with Crippen molar-refractivity contribution in [3.8, 4) is 0 Å². The second-order valence-corrected chi connectivity index (χ2v) is 6.85. The summed E-state index contributed by atoms with van der Waals surface area (Å²) in [7, 11) is 1.85. The van der Waals surface area contributed by atoms with Gasteiger partial charge in [0, 0.05) is 44.8 Å². The second kappa shape index (κ2) is 7.66. The van der Waals surface area contributed by atoms with Crippen LogP contribution in [0.15, 0.2) is 65.9 Å². The van der Waals surface area contributed by atoms with Crippen molar-refractivity contribution in [3.63, 3.8) is 0 Å². The van der Waals surface area contributed by atoms with Crippen molar-refractivity contribution >= 4 is 11.6 Å². The molecule has 3 aromatic rings. The van der Waals surface area contributed by atoms with E-state index in [-0.39, 0.29) is 0 Å². The van der Waals surface area contributed by atoms with Crippen LogP contribution in [0.3, 0.4) is 0 Å². The van der Waals surface area contributed by atoms with Crippen LogP contribution in [-0.2, 0) is 19.5 Å². The minimum Gasteiger partial charge on any atom is -0.352 e. The van der Waals surface area contributed by atoms with Crippen molar-refractivity contribution in [1.29, 1.82) is 0 Å². The van der Waals surface area contributed by atoms with Crippen molar-refractivity contribution in [2.24, 2.45) is 4.99 Å². The quantitative estimate of drug-likeness (QED) is 0.574. The summed E-state index contributed by atoms with van der Waals surface area (Å²) in [4.78, 5) is 11.1. The third-order valence-electron chi connectivity index (χ3n) is 5.07. The minimum absolute atomic E-state index is 0.752. The van der Waals surface area contributed by atoms with Crippen LogP contribution in [0.4, 0.5) is 5.69 Å². The van der Waals surface area contributed by atoms with Crippen LogP contribution in [-0.4, -0.2) is 29.1 Å². The summed E-state index contributed by atoms with van der Waals surface area (Å²) in [6, 6.07) is 17.2. The molecule has 0 unspecified atom stereocenters. The zero-order valence-corrected chi connectivity index (χ0v) is 15.9. The number of fused-ring (bicyclic) bond motifs is 1. The Kier molecular flexibility index (Phi) is 4.92. The maximum absolute atomic E-state index is 4.50. The number of aryl methyl sites for hydroxylation is 1. The number of rotatable bonds is 4. The van der Waals surface area contributed by atoms with E-state index < -0.39 is 0 Å². The van der Waals surface area contributed by atoms with Gasteiger partial charge in [0.15, 0.2) is 5.96 Å². The molecule has 0 fully saturated rings. The first-order valence-electron chi connectivity index (χ1n) is 9.36. The number of hydrogen-bond acceptors (Lipinski definition) is 2. The molecule has 2 aromatic carbocycles. The van der Waals surface area contributed by atoms with E-state index in [9.17, 15) is 0 Å². The largest absolute Gasteiger partial charge is 0.352 e. The SMILES string of the molecule is CN=C(NCc1cccc(Cn2ccnc2C)c1)N1CCc2ccccc21. The Bertz CT molecular complexity index is 957. The number of aliphatic imine (C=N–C) groups is 1. The van der Waals surface area contributed by atoms with Crippen LogP contribution in [0.5, 0.6) is 0 Å². The highest BCUT2D eigenvalue weighted by Crippen LogP contribution is 2.27. The van der Waals surface area contributed by atoms with Gasteiger partial charge in [0.25, 0.3) is 0 Å². The fraction of sp³-hybridized carbons (Fsp3) is 0.273. The summed E-state index contributed by atoms with van der Waals surface area (Å²) in [5.74, 6) is 1.96. The molecule has 5 heteroatoms. The predicted molar refractivity (Wildman–Crippen MR) is 110 cm³/mol. The number of nitrogens with zero attached hydrogens (tertiary/aromatic N) is 4. The molecule has 2 heterocycles. The molecule has 5 nitrogen and oxygen atoms in total. The van der Waals surface area contributed by atoms with Gasteiger partial charge in [-0.1, -0.05) is 42.5 Å². The summed E-state index contributed by atoms with van der Waals surface area (Å²) < 4.78 is 2.16. The number of aromatic nitrogens is 2. The van der Waals surface area contributed by atoms with Gasteiger partial charge in [0.1, 0.15) is 5.82 Å². The molecule has 138 valence electrons. The monoisotopic (exact) mass is 359 g/mol. The van der Waals surface area contributed by atoms with Crippen molar-refractivity contribution < 1.29 is 0 Å². The number of guanidine groups is 1. The fourth-order valence-electron chi connectivity index (χ4n) is 3.64. The van der Waals surface area contributed by atoms with Crippen LogP contribution < -0.4 is 10.2 Å². The molecular weight excluding hydrogens is 334 g/mol. The average Bonchev–Trinajstić information content (AvgIpc) is 3.30. The van der Waals surface area contributed by atoms with E-state index in [0.717, 1.165) is 37.8 Å². The van der Waals surface area contributed by atoms with Gasteiger partial charge >= 0.3 is 0 Å². The highest BCUT2D eigenvalue weighted by atomic mass is 15.3. The Morgan fingerprint density at radius 1 is 1.15 bits per heavy atom. The Morgan fingerprint density at radius 2 is 2.00 bits per heavy atom. The highest BCUT2D eigenvalue weighted by Gasteiger charge is 2.22. The molecule has 0 saturated heterocycles. The molecule has 0 spiro atoms. The number of anilines is 1. The van der Waals surface area contributed by atoms with Crippen molar-refractivity contribution in [3.05, 3.63) is 83.4 Å². The lowest BCUT2D eigenvalue weighted by molar-refractivity contribution is 0.759. The molecule has 27 heavy (non-hydrogen) atoms. The van der Waals surface area contributed by atoms with Gasteiger partial charge in [0.2, 0.25) is 0 Å². The first-order valence-corrected chi connectivity index (χ1v) is 9.36. The van der Waals surface area contributed by atoms with Crippen molar-refractivity contribution in [1.82, 2.24) is 14.9 Å². The van der Waals surface area contributed by atoms with Crippen LogP contribution in [0, 0.1) is 6.92 Å². The number of imidazole rings is 1. The normalized spacial score (nSPS) is 13.7. The third kappa shape index (κ3) is 3.72. The standard InChI is InChI=1S/C22H25N5/c1-17-24-11-13-26(17)16-19-7-5-6-18(14-19)15-25-22(23-2)27-12-10-20-8-3-4-9-21(20)27/h3-9,11,13-14H,10,12,15-16H2,1-2H3,(H,23,25). The molecule has 0 amide bonds. The Hall–Kier alpha value is -3.08. The van der Waals surface area contributed by atoms with Gasteiger partial charge in [0.05, 0.1) is 0 Å². The van der Waals surface area contributed by atoms with Crippen molar-refractivity contribution in [2.75, 3.05) is 18.5 Å². The Morgan fingerprint density at radius 3 is 2.81 bits per heavy atom. The average molecular weight is 359 g/mol. The zero-order valence-electron chi connectivity index (χ0n) is 15.9. The molecule has 0 bridgehead atoms. The van der Waals surface area contributed by atoms with Crippen molar-refractivity contribution in [2.45, 2.75) is 26.4 Å². The highest BCUT2D eigenvalue weighted by molar-refractivity contribution is 5.97. The number of nitrogens with one attached hydrogen (secondary N) is 1. The first-order chi connectivity index (χ1) is 13.2. The molecule has 1 aromatic heterocycles. The molecule has 0 radical (unpaired) electrons. The van der Waals surface area contributed by atoms with Crippen LogP contribution in [0.2, 0.25) is 0 Å². The molecular formula is C22H25N5. The molecule has 1 aliphatic rings. The van der Waals surface area contributed by atoms with Crippen LogP contribution in [0.25, 0.3) is 0 Å². The van der Waals surface area contributed by atoms with E-state index in [1.54, 1.807) is 0 Å². The summed E-state index contributed by atoms with van der Waals surface area (Å²) >= 11 is 0. The second-order valence-electron chi connectivity index (χ2n) is 6.85. The smallest absolute Gasteiger partial charge is 0.198 e. The summed E-state index contributed by atoms with van der Waals surface area (Å²) in [5.41, 5.74) is 5.17. The van der Waals surface area contributed by atoms with E-state index in [4.69, 9.17) is 0 Å². The van der Waals surface area contributed by atoms with Gasteiger partial charge in [-0.15, -0.1) is 0 Å². The molecule has 1 aliphatic heterocycles. The predicted octanol–water partition coefficient (Wildman–Crippen LogP) is 3.38. The Balaban J connectivity index is 1.44. The van der Waals surface area contributed by atoms with Gasteiger partial charge < -0.3 is 14.8 Å². The molecule has 0 saturated carbocycles. The van der Waals surface area contributed by atoms with Gasteiger partial charge in [-0.3, -0.25) is 4.99 Å². The van der Waals surface area contributed by atoms with Gasteiger partial charge in [-0.25, -0.2) is 4.98 Å². The van der Waals surface area contributed by atoms with Crippen LogP contribution in [0.1, 0.15) is 22.5 Å². The number of para-hydroxylation sites is 1. The third-order valence-corrected chi connectivity index (χ3v) is 5.07. The molecule has 4 rings (SSSR count). The van der Waals surface area contributed by atoms with E-state index in [0.29, 0.717) is 0 Å².